The summed E-state index contributed by atoms with van der Waals surface area (Å²) in [6, 6.07) is 13.0. The Morgan fingerprint density at radius 1 is 1.21 bits per heavy atom. The first-order chi connectivity index (χ1) is 9.22. The first-order valence-electron chi connectivity index (χ1n) is 6.64. The smallest absolute Gasteiger partial charge is 0.0314 e. The highest BCUT2D eigenvalue weighted by Crippen LogP contribution is 2.35. The predicted octanol–water partition coefficient (Wildman–Crippen LogP) is 4.62. The lowest BCUT2D eigenvalue weighted by molar-refractivity contribution is 0.393. The molecule has 1 N–H and O–H groups in total. The van der Waals surface area contributed by atoms with E-state index in [2.05, 4.69) is 69.9 Å². The molecular formula is C16H20BrNS. The van der Waals surface area contributed by atoms with Crippen molar-refractivity contribution in [3.05, 3.63) is 56.7 Å². The second kappa shape index (κ2) is 6.69. The van der Waals surface area contributed by atoms with Crippen LogP contribution in [-0.4, -0.2) is 13.6 Å². The van der Waals surface area contributed by atoms with E-state index in [1.807, 2.05) is 18.4 Å². The van der Waals surface area contributed by atoms with Crippen molar-refractivity contribution in [2.45, 2.75) is 25.2 Å². The van der Waals surface area contributed by atoms with Crippen LogP contribution in [0.15, 0.2) is 46.3 Å². The Bertz CT molecular complexity index is 508. The van der Waals surface area contributed by atoms with Gasteiger partial charge in [-0.3, -0.25) is 0 Å². The summed E-state index contributed by atoms with van der Waals surface area (Å²) in [5, 5.41) is 5.54. The number of thiophene rings is 1. The first kappa shape index (κ1) is 14.8. The molecule has 0 saturated heterocycles. The molecule has 0 aliphatic carbocycles. The van der Waals surface area contributed by atoms with E-state index in [1.54, 1.807) is 0 Å². The van der Waals surface area contributed by atoms with Gasteiger partial charge in [0, 0.05) is 21.3 Å². The van der Waals surface area contributed by atoms with E-state index in [-0.39, 0.29) is 5.41 Å². The molecule has 3 heteroatoms. The number of halogens is 1. The predicted molar refractivity (Wildman–Crippen MR) is 88.1 cm³/mol. The highest BCUT2D eigenvalue weighted by molar-refractivity contribution is 9.10. The highest BCUT2D eigenvalue weighted by atomic mass is 79.9. The van der Waals surface area contributed by atoms with Crippen LogP contribution in [0.3, 0.4) is 0 Å². The second-order valence-corrected chi connectivity index (χ2v) is 6.75. The summed E-state index contributed by atoms with van der Waals surface area (Å²) in [7, 11) is 2.04. The Morgan fingerprint density at radius 2 is 1.95 bits per heavy atom. The average molecular weight is 338 g/mol. The van der Waals surface area contributed by atoms with E-state index >= 15 is 0 Å². The molecule has 1 nitrogen and oxygen atoms in total. The van der Waals surface area contributed by atoms with Crippen LogP contribution in [0, 0.1) is 0 Å². The maximum absolute atomic E-state index is 3.66. The molecule has 0 saturated carbocycles. The molecule has 1 heterocycles. The van der Waals surface area contributed by atoms with Crippen molar-refractivity contribution in [3.63, 3.8) is 0 Å². The fourth-order valence-corrected chi connectivity index (χ4v) is 4.25. The minimum absolute atomic E-state index is 0.170. The van der Waals surface area contributed by atoms with Crippen molar-refractivity contribution in [1.29, 1.82) is 0 Å². The minimum Gasteiger partial charge on any atom is -0.319 e. The molecule has 0 amide bonds. The van der Waals surface area contributed by atoms with Crippen LogP contribution < -0.4 is 5.32 Å². The largest absolute Gasteiger partial charge is 0.319 e. The summed E-state index contributed by atoms with van der Waals surface area (Å²) >= 11 is 5.50. The Kier molecular flexibility index (Phi) is 5.20. The molecule has 0 spiro atoms. The van der Waals surface area contributed by atoms with Crippen LogP contribution in [0.1, 0.15) is 23.8 Å². The van der Waals surface area contributed by atoms with E-state index in [0.29, 0.717) is 0 Å². The number of nitrogens with one attached hydrogen (secondary N) is 1. The normalized spacial score (nSPS) is 14.3. The van der Waals surface area contributed by atoms with Crippen LogP contribution >= 0.6 is 27.3 Å². The van der Waals surface area contributed by atoms with Crippen LogP contribution in [-0.2, 0) is 11.8 Å². The average Bonchev–Trinajstić information content (AvgIpc) is 2.84. The van der Waals surface area contributed by atoms with E-state index in [1.165, 1.54) is 14.9 Å². The molecule has 1 atom stereocenters. The van der Waals surface area contributed by atoms with Gasteiger partial charge in [-0.2, -0.15) is 0 Å². The standard InChI is InChI=1S/C16H20BrNS/c1-3-16(12-18-2,13-7-5-4-6-8-13)11-15-14(17)9-10-19-15/h4-10,18H,3,11-12H2,1-2H3. The van der Waals surface area contributed by atoms with Gasteiger partial charge in [-0.15, -0.1) is 11.3 Å². The second-order valence-electron chi connectivity index (χ2n) is 4.90. The number of hydrogen-bond acceptors (Lipinski definition) is 2. The minimum atomic E-state index is 0.170. The summed E-state index contributed by atoms with van der Waals surface area (Å²) in [5.41, 5.74) is 1.59. The number of rotatable bonds is 6. The molecule has 19 heavy (non-hydrogen) atoms. The van der Waals surface area contributed by atoms with Crippen molar-refractivity contribution in [1.82, 2.24) is 5.32 Å². The Labute approximate surface area is 128 Å². The van der Waals surface area contributed by atoms with Gasteiger partial charge in [0.2, 0.25) is 0 Å². The van der Waals surface area contributed by atoms with E-state index < -0.39 is 0 Å². The molecule has 1 unspecified atom stereocenters. The maximum atomic E-state index is 3.66. The number of benzene rings is 1. The quantitative estimate of drug-likeness (QED) is 0.810. The van der Waals surface area contributed by atoms with Gasteiger partial charge in [0.1, 0.15) is 0 Å². The van der Waals surface area contributed by atoms with Crippen LogP contribution in [0.4, 0.5) is 0 Å². The molecule has 0 aliphatic rings. The molecule has 0 aliphatic heterocycles. The summed E-state index contributed by atoms with van der Waals surface area (Å²) in [6.07, 6.45) is 2.20. The summed E-state index contributed by atoms with van der Waals surface area (Å²) in [4.78, 5) is 1.43. The third-order valence-corrected chi connectivity index (χ3v) is 5.69. The zero-order valence-corrected chi connectivity index (χ0v) is 13.9. The third-order valence-electron chi connectivity index (χ3n) is 3.77. The number of hydrogen-bond donors (Lipinski definition) is 1. The number of likely N-dealkylation sites (N-methyl/N-ethyl adjacent to an activating group) is 1. The molecular weight excluding hydrogens is 318 g/mol. The van der Waals surface area contributed by atoms with E-state index in [4.69, 9.17) is 0 Å². The van der Waals surface area contributed by atoms with Crippen molar-refractivity contribution in [2.24, 2.45) is 0 Å². The van der Waals surface area contributed by atoms with Crippen LogP contribution in [0.5, 0.6) is 0 Å². The van der Waals surface area contributed by atoms with Gasteiger partial charge in [-0.1, -0.05) is 37.3 Å². The lowest BCUT2D eigenvalue weighted by atomic mass is 9.75. The van der Waals surface area contributed by atoms with Gasteiger partial charge < -0.3 is 5.32 Å². The van der Waals surface area contributed by atoms with Gasteiger partial charge >= 0.3 is 0 Å². The zero-order chi connectivity index (χ0) is 13.7. The topological polar surface area (TPSA) is 12.0 Å². The maximum Gasteiger partial charge on any atom is 0.0314 e. The van der Waals surface area contributed by atoms with Gasteiger partial charge in [0.25, 0.3) is 0 Å². The molecule has 0 fully saturated rings. The molecule has 2 aromatic rings. The summed E-state index contributed by atoms with van der Waals surface area (Å²) in [5.74, 6) is 0. The first-order valence-corrected chi connectivity index (χ1v) is 8.31. The third kappa shape index (κ3) is 3.28. The zero-order valence-electron chi connectivity index (χ0n) is 11.4. The molecule has 0 bridgehead atoms. The van der Waals surface area contributed by atoms with Crippen molar-refractivity contribution in [2.75, 3.05) is 13.6 Å². The molecule has 2 rings (SSSR count). The monoisotopic (exact) mass is 337 g/mol. The molecule has 1 aromatic heterocycles. The Balaban J connectivity index is 2.37. The van der Waals surface area contributed by atoms with Crippen molar-refractivity contribution >= 4 is 27.3 Å². The van der Waals surface area contributed by atoms with Gasteiger partial charge in [-0.25, -0.2) is 0 Å². The lowest BCUT2D eigenvalue weighted by Gasteiger charge is -2.33. The van der Waals surface area contributed by atoms with E-state index in [9.17, 15) is 0 Å². The summed E-state index contributed by atoms with van der Waals surface area (Å²) in [6.45, 7) is 3.28. The van der Waals surface area contributed by atoms with Gasteiger partial charge in [-0.05, 0) is 52.8 Å². The molecule has 102 valence electrons. The Morgan fingerprint density at radius 3 is 2.47 bits per heavy atom. The fourth-order valence-electron chi connectivity index (χ4n) is 2.61. The fraction of sp³-hybridized carbons (Fsp3) is 0.375. The SMILES string of the molecule is CCC(CNC)(Cc1sccc1Br)c1ccccc1. The highest BCUT2D eigenvalue weighted by Gasteiger charge is 2.30. The summed E-state index contributed by atoms with van der Waals surface area (Å²) < 4.78 is 1.24. The van der Waals surface area contributed by atoms with Crippen LogP contribution in [0.2, 0.25) is 0 Å². The Hall–Kier alpha value is -0.640. The molecule has 1 aromatic carbocycles. The van der Waals surface area contributed by atoms with Crippen LogP contribution in [0.25, 0.3) is 0 Å². The molecule has 0 radical (unpaired) electrons. The van der Waals surface area contributed by atoms with Crippen molar-refractivity contribution < 1.29 is 0 Å². The van der Waals surface area contributed by atoms with Crippen molar-refractivity contribution in [3.8, 4) is 0 Å². The van der Waals surface area contributed by atoms with Gasteiger partial charge in [0.15, 0.2) is 0 Å². The van der Waals surface area contributed by atoms with E-state index in [0.717, 1.165) is 19.4 Å². The van der Waals surface area contributed by atoms with Gasteiger partial charge in [0.05, 0.1) is 0 Å². The lowest BCUT2D eigenvalue weighted by Crippen LogP contribution is -2.38.